The molecule has 0 atom stereocenters. The van der Waals surface area contributed by atoms with Crippen LogP contribution < -0.4 is 10.3 Å². The van der Waals surface area contributed by atoms with E-state index in [9.17, 15) is 9.59 Å². The number of halogens is 1. The molecule has 3 aromatic rings. The van der Waals surface area contributed by atoms with Gasteiger partial charge in [-0.2, -0.15) is 0 Å². The Morgan fingerprint density at radius 3 is 2.70 bits per heavy atom. The largest absolute Gasteiger partial charge is 0.496 e. The number of benzene rings is 2. The third-order valence-corrected chi connectivity index (χ3v) is 4.50. The molecule has 2 aromatic carbocycles. The van der Waals surface area contributed by atoms with Gasteiger partial charge < -0.3 is 14.0 Å². The molecule has 27 heavy (non-hydrogen) atoms. The third kappa shape index (κ3) is 3.80. The number of aryl methyl sites for hydroxylation is 2. The lowest BCUT2D eigenvalue weighted by Crippen LogP contribution is -2.23. The second kappa shape index (κ2) is 7.80. The summed E-state index contributed by atoms with van der Waals surface area (Å²) in [5.74, 6) is 0.0996. The monoisotopic (exact) mass is 386 g/mol. The number of methoxy groups -OCH3 is 1. The maximum atomic E-state index is 12.5. The highest BCUT2D eigenvalue weighted by atomic mass is 35.5. The molecular weight excluding hydrogens is 368 g/mol. The van der Waals surface area contributed by atoms with Gasteiger partial charge in [-0.25, -0.2) is 9.78 Å². The van der Waals surface area contributed by atoms with Crippen LogP contribution in [-0.4, -0.2) is 22.6 Å². The lowest BCUT2D eigenvalue weighted by atomic mass is 10.1. The maximum absolute atomic E-state index is 12.5. The highest BCUT2D eigenvalue weighted by Gasteiger charge is 2.13. The number of aromatic nitrogens is 2. The Bertz CT molecular complexity index is 1080. The zero-order chi connectivity index (χ0) is 19.6. The molecule has 0 radical (unpaired) electrons. The topological polar surface area (TPSA) is 70.4 Å². The highest BCUT2D eigenvalue weighted by Crippen LogP contribution is 2.24. The second-order valence-corrected chi connectivity index (χ2v) is 6.42. The molecule has 0 unspecified atom stereocenters. The van der Waals surface area contributed by atoms with Crippen molar-refractivity contribution < 1.29 is 14.3 Å². The highest BCUT2D eigenvalue weighted by molar-refractivity contribution is 6.30. The van der Waals surface area contributed by atoms with Crippen molar-refractivity contribution in [1.82, 2.24) is 9.55 Å². The molecule has 0 fully saturated rings. The van der Waals surface area contributed by atoms with Crippen LogP contribution in [0, 0.1) is 6.92 Å². The Hall–Kier alpha value is -2.86. The Kier molecular flexibility index (Phi) is 5.46. The minimum atomic E-state index is -0.493. The summed E-state index contributed by atoms with van der Waals surface area (Å²) in [6, 6.07) is 10.1. The van der Waals surface area contributed by atoms with E-state index < -0.39 is 5.97 Å². The molecule has 0 spiro atoms. The van der Waals surface area contributed by atoms with E-state index in [-0.39, 0.29) is 12.2 Å². The summed E-state index contributed by atoms with van der Waals surface area (Å²) in [4.78, 5) is 28.9. The number of rotatable bonds is 5. The average Bonchev–Trinajstić information content (AvgIpc) is 2.67. The van der Waals surface area contributed by atoms with Crippen LogP contribution >= 0.6 is 11.6 Å². The lowest BCUT2D eigenvalue weighted by molar-refractivity contribution is 0.0470. The Labute approximate surface area is 161 Å². The van der Waals surface area contributed by atoms with Crippen LogP contribution in [0.5, 0.6) is 5.75 Å². The van der Waals surface area contributed by atoms with E-state index >= 15 is 0 Å². The van der Waals surface area contributed by atoms with Gasteiger partial charge in [-0.3, -0.25) is 4.79 Å². The SMILES string of the molecule is CCn1c(=O)c(C)nc2cc(C(=O)OCc3cc(Cl)ccc3OC)ccc21. The Balaban J connectivity index is 1.87. The molecule has 0 saturated heterocycles. The lowest BCUT2D eigenvalue weighted by Gasteiger charge is -2.11. The summed E-state index contributed by atoms with van der Waals surface area (Å²) in [6.45, 7) is 4.10. The molecule has 3 rings (SSSR count). The molecule has 0 aliphatic carbocycles. The number of nitrogens with zero attached hydrogens (tertiary/aromatic N) is 2. The Morgan fingerprint density at radius 2 is 2.00 bits per heavy atom. The number of hydrogen-bond acceptors (Lipinski definition) is 5. The summed E-state index contributed by atoms with van der Waals surface area (Å²) in [5, 5.41) is 0.532. The fourth-order valence-electron chi connectivity index (χ4n) is 2.90. The van der Waals surface area contributed by atoms with E-state index in [2.05, 4.69) is 4.98 Å². The van der Waals surface area contributed by atoms with Crippen molar-refractivity contribution in [2.75, 3.05) is 7.11 Å². The van der Waals surface area contributed by atoms with Crippen molar-refractivity contribution in [2.45, 2.75) is 27.0 Å². The van der Waals surface area contributed by atoms with Crippen LogP contribution in [0.25, 0.3) is 11.0 Å². The van der Waals surface area contributed by atoms with Crippen molar-refractivity contribution in [3.8, 4) is 5.75 Å². The molecule has 1 heterocycles. The smallest absolute Gasteiger partial charge is 0.338 e. The van der Waals surface area contributed by atoms with Crippen LogP contribution in [0.2, 0.25) is 5.02 Å². The predicted molar refractivity (Wildman–Crippen MR) is 104 cm³/mol. The normalized spacial score (nSPS) is 10.8. The van der Waals surface area contributed by atoms with Crippen molar-refractivity contribution in [3.63, 3.8) is 0 Å². The number of carbonyl (C=O) groups excluding carboxylic acids is 1. The number of ether oxygens (including phenoxy) is 2. The van der Waals surface area contributed by atoms with E-state index in [1.54, 1.807) is 55.0 Å². The molecule has 1 aromatic heterocycles. The molecule has 0 bridgehead atoms. The molecule has 7 heteroatoms. The number of carbonyl (C=O) groups is 1. The quantitative estimate of drug-likeness (QED) is 0.624. The first-order valence-electron chi connectivity index (χ1n) is 8.45. The summed E-state index contributed by atoms with van der Waals surface area (Å²) in [5.41, 5.74) is 2.54. The number of hydrogen-bond donors (Lipinski definition) is 0. The van der Waals surface area contributed by atoms with Crippen molar-refractivity contribution in [3.05, 3.63) is 68.6 Å². The maximum Gasteiger partial charge on any atom is 0.338 e. The van der Waals surface area contributed by atoms with Crippen molar-refractivity contribution in [2.24, 2.45) is 0 Å². The zero-order valence-electron chi connectivity index (χ0n) is 15.3. The van der Waals surface area contributed by atoms with Gasteiger partial charge in [0.1, 0.15) is 18.1 Å². The van der Waals surface area contributed by atoms with Crippen LogP contribution in [0.1, 0.15) is 28.5 Å². The number of fused-ring (bicyclic) bond motifs is 1. The van der Waals surface area contributed by atoms with E-state index in [0.29, 0.717) is 45.2 Å². The predicted octanol–water partition coefficient (Wildman–Crippen LogP) is 3.74. The molecule has 0 saturated carbocycles. The molecule has 140 valence electrons. The number of esters is 1. The molecule has 0 amide bonds. The van der Waals surface area contributed by atoms with Gasteiger partial charge in [0, 0.05) is 17.1 Å². The van der Waals surface area contributed by atoms with Crippen LogP contribution in [0.4, 0.5) is 0 Å². The van der Waals surface area contributed by atoms with Crippen LogP contribution in [0.15, 0.2) is 41.2 Å². The summed E-state index contributed by atoms with van der Waals surface area (Å²) < 4.78 is 12.3. The molecular formula is C20H19ClN2O4. The average molecular weight is 387 g/mol. The van der Waals surface area contributed by atoms with Crippen LogP contribution in [0.3, 0.4) is 0 Å². The van der Waals surface area contributed by atoms with E-state index in [0.717, 1.165) is 0 Å². The minimum absolute atomic E-state index is 0.0293. The fourth-order valence-corrected chi connectivity index (χ4v) is 3.10. The Morgan fingerprint density at radius 1 is 1.22 bits per heavy atom. The van der Waals surface area contributed by atoms with E-state index in [4.69, 9.17) is 21.1 Å². The standard InChI is InChI=1S/C20H19ClN2O4/c1-4-23-17-7-5-13(10-16(17)22-12(2)19(23)24)20(25)27-11-14-9-15(21)6-8-18(14)26-3/h5-10H,4,11H2,1-3H3. The molecule has 0 aliphatic heterocycles. The minimum Gasteiger partial charge on any atom is -0.496 e. The second-order valence-electron chi connectivity index (χ2n) is 5.98. The van der Waals surface area contributed by atoms with E-state index in [1.165, 1.54) is 0 Å². The molecule has 0 aliphatic rings. The van der Waals surface area contributed by atoms with Gasteiger partial charge >= 0.3 is 5.97 Å². The van der Waals surface area contributed by atoms with Gasteiger partial charge in [0.2, 0.25) is 0 Å². The summed E-state index contributed by atoms with van der Waals surface area (Å²) in [6.07, 6.45) is 0. The van der Waals surface area contributed by atoms with Gasteiger partial charge in [-0.05, 0) is 50.2 Å². The first kappa shape index (κ1) is 18.9. The first-order chi connectivity index (χ1) is 12.9. The van der Waals surface area contributed by atoms with E-state index in [1.807, 2.05) is 6.92 Å². The van der Waals surface area contributed by atoms with Gasteiger partial charge in [0.05, 0.1) is 23.7 Å². The van der Waals surface area contributed by atoms with Gasteiger partial charge in [0.15, 0.2) is 0 Å². The van der Waals surface area contributed by atoms with Gasteiger partial charge in [-0.15, -0.1) is 0 Å². The van der Waals surface area contributed by atoms with Gasteiger partial charge in [0.25, 0.3) is 5.56 Å². The van der Waals surface area contributed by atoms with Crippen LogP contribution in [-0.2, 0) is 17.9 Å². The van der Waals surface area contributed by atoms with Crippen molar-refractivity contribution >= 4 is 28.6 Å². The summed E-state index contributed by atoms with van der Waals surface area (Å²) in [7, 11) is 1.54. The zero-order valence-corrected chi connectivity index (χ0v) is 16.0. The fraction of sp³-hybridized carbons (Fsp3) is 0.250. The molecule has 6 nitrogen and oxygen atoms in total. The summed E-state index contributed by atoms with van der Waals surface area (Å²) >= 11 is 6.00. The van der Waals surface area contributed by atoms with Gasteiger partial charge in [-0.1, -0.05) is 11.6 Å². The molecule has 0 N–H and O–H groups in total. The first-order valence-corrected chi connectivity index (χ1v) is 8.83. The van der Waals surface area contributed by atoms with Crippen molar-refractivity contribution in [1.29, 1.82) is 0 Å². The third-order valence-electron chi connectivity index (χ3n) is 4.26.